The molecule has 6 nitrogen and oxygen atoms in total. The van der Waals surface area contributed by atoms with Crippen molar-refractivity contribution in [1.82, 2.24) is 14.6 Å². The van der Waals surface area contributed by atoms with Crippen LogP contribution in [-0.4, -0.2) is 28.0 Å². The Morgan fingerprint density at radius 1 is 1.17 bits per heavy atom. The van der Waals surface area contributed by atoms with E-state index in [0.29, 0.717) is 11.0 Å². The molecular formula is C18H14N4O2. The molecule has 0 saturated carbocycles. The summed E-state index contributed by atoms with van der Waals surface area (Å²) in [5, 5.41) is 5.13. The third-order valence-electron chi connectivity index (χ3n) is 3.84. The van der Waals surface area contributed by atoms with Crippen molar-refractivity contribution in [3.63, 3.8) is 0 Å². The molecule has 0 fully saturated rings. The highest BCUT2D eigenvalue weighted by Crippen LogP contribution is 2.20. The molecule has 4 aromatic rings. The van der Waals surface area contributed by atoms with E-state index < -0.39 is 0 Å². The van der Waals surface area contributed by atoms with Crippen molar-refractivity contribution in [2.45, 2.75) is 0 Å². The van der Waals surface area contributed by atoms with E-state index in [4.69, 9.17) is 4.74 Å². The summed E-state index contributed by atoms with van der Waals surface area (Å²) < 4.78 is 6.34. The van der Waals surface area contributed by atoms with E-state index >= 15 is 0 Å². The zero-order valence-electron chi connectivity index (χ0n) is 12.9. The van der Waals surface area contributed by atoms with Gasteiger partial charge in [-0.15, -0.1) is 0 Å². The maximum Gasteiger partial charge on any atom is 0.298 e. The SMILES string of the molecule is COc1ccc(C=Nn2cnc3c([nH]c4ccccc43)c2=O)cc1. The van der Waals surface area contributed by atoms with Crippen LogP contribution in [0.25, 0.3) is 21.9 Å². The fraction of sp³-hybridized carbons (Fsp3) is 0.0556. The smallest absolute Gasteiger partial charge is 0.298 e. The number of ether oxygens (including phenoxy) is 1. The van der Waals surface area contributed by atoms with Gasteiger partial charge in [0, 0.05) is 10.9 Å². The number of aromatic amines is 1. The summed E-state index contributed by atoms with van der Waals surface area (Å²) in [5.74, 6) is 0.769. The van der Waals surface area contributed by atoms with Gasteiger partial charge in [-0.2, -0.15) is 9.78 Å². The van der Waals surface area contributed by atoms with Gasteiger partial charge in [0.05, 0.1) is 13.3 Å². The first-order valence-electron chi connectivity index (χ1n) is 7.43. The highest BCUT2D eigenvalue weighted by Gasteiger charge is 2.09. The van der Waals surface area contributed by atoms with E-state index in [-0.39, 0.29) is 5.56 Å². The topological polar surface area (TPSA) is 72.3 Å². The first-order chi connectivity index (χ1) is 11.8. The number of methoxy groups -OCH3 is 1. The van der Waals surface area contributed by atoms with Crippen molar-refractivity contribution in [1.29, 1.82) is 0 Å². The van der Waals surface area contributed by atoms with Crippen LogP contribution in [0.2, 0.25) is 0 Å². The van der Waals surface area contributed by atoms with Crippen LogP contribution in [0.4, 0.5) is 0 Å². The van der Waals surface area contributed by atoms with E-state index in [1.54, 1.807) is 13.3 Å². The van der Waals surface area contributed by atoms with Crippen molar-refractivity contribution < 1.29 is 4.74 Å². The number of benzene rings is 2. The number of rotatable bonds is 3. The van der Waals surface area contributed by atoms with E-state index in [0.717, 1.165) is 22.2 Å². The molecule has 2 heterocycles. The molecule has 0 aliphatic heterocycles. The minimum absolute atomic E-state index is 0.235. The summed E-state index contributed by atoms with van der Waals surface area (Å²) in [7, 11) is 1.61. The van der Waals surface area contributed by atoms with Gasteiger partial charge in [0.25, 0.3) is 5.56 Å². The lowest BCUT2D eigenvalue weighted by Crippen LogP contribution is -2.17. The first kappa shape index (κ1) is 14.2. The van der Waals surface area contributed by atoms with Crippen molar-refractivity contribution in [3.8, 4) is 5.75 Å². The Bertz CT molecular complexity index is 1110. The van der Waals surface area contributed by atoms with Crippen molar-refractivity contribution in [2.75, 3.05) is 7.11 Å². The number of aromatic nitrogens is 3. The van der Waals surface area contributed by atoms with E-state index in [1.807, 2.05) is 48.5 Å². The molecule has 2 aromatic heterocycles. The molecule has 118 valence electrons. The summed E-state index contributed by atoms with van der Waals surface area (Å²) >= 11 is 0. The molecule has 0 aliphatic rings. The molecular weight excluding hydrogens is 304 g/mol. The molecule has 0 bridgehead atoms. The maximum absolute atomic E-state index is 12.6. The average Bonchev–Trinajstić information content (AvgIpc) is 3.01. The van der Waals surface area contributed by atoms with Crippen LogP contribution in [0.5, 0.6) is 5.75 Å². The van der Waals surface area contributed by atoms with Crippen LogP contribution in [0.15, 0.2) is 64.8 Å². The van der Waals surface area contributed by atoms with Gasteiger partial charge in [0.15, 0.2) is 0 Å². The molecule has 0 atom stereocenters. The van der Waals surface area contributed by atoms with Crippen LogP contribution in [0, 0.1) is 0 Å². The zero-order valence-corrected chi connectivity index (χ0v) is 12.9. The van der Waals surface area contributed by atoms with E-state index in [9.17, 15) is 4.79 Å². The standard InChI is InChI=1S/C18H14N4O2/c1-24-13-8-6-12(7-9-13)10-20-22-11-19-16-14-4-2-3-5-15(14)21-17(16)18(22)23/h2-11,21H,1H3. The third-order valence-corrected chi connectivity index (χ3v) is 3.84. The van der Waals surface area contributed by atoms with Crippen LogP contribution in [-0.2, 0) is 0 Å². The van der Waals surface area contributed by atoms with Gasteiger partial charge in [-0.1, -0.05) is 18.2 Å². The molecule has 4 rings (SSSR count). The predicted octanol–water partition coefficient (Wildman–Crippen LogP) is 2.77. The normalized spacial score (nSPS) is 11.5. The Morgan fingerprint density at radius 3 is 2.75 bits per heavy atom. The number of nitrogens with one attached hydrogen (secondary N) is 1. The van der Waals surface area contributed by atoms with Gasteiger partial charge in [-0.25, -0.2) is 4.98 Å². The van der Waals surface area contributed by atoms with Crippen molar-refractivity contribution in [2.24, 2.45) is 5.10 Å². The second-order valence-electron chi connectivity index (χ2n) is 5.31. The molecule has 6 heteroatoms. The Kier molecular flexibility index (Phi) is 3.35. The van der Waals surface area contributed by atoms with Crippen LogP contribution in [0.3, 0.4) is 0 Å². The van der Waals surface area contributed by atoms with Gasteiger partial charge in [0.1, 0.15) is 23.1 Å². The highest BCUT2D eigenvalue weighted by molar-refractivity contribution is 6.04. The largest absolute Gasteiger partial charge is 0.497 e. The molecule has 0 aliphatic carbocycles. The number of fused-ring (bicyclic) bond motifs is 3. The average molecular weight is 318 g/mol. The quantitative estimate of drug-likeness (QED) is 0.590. The Labute approximate surface area is 137 Å². The molecule has 1 N–H and O–H groups in total. The maximum atomic E-state index is 12.6. The zero-order chi connectivity index (χ0) is 16.5. The fourth-order valence-corrected chi connectivity index (χ4v) is 2.60. The monoisotopic (exact) mass is 318 g/mol. The lowest BCUT2D eigenvalue weighted by molar-refractivity contribution is 0.415. The molecule has 0 amide bonds. The van der Waals surface area contributed by atoms with Gasteiger partial charge in [0.2, 0.25) is 0 Å². The number of para-hydroxylation sites is 1. The predicted molar refractivity (Wildman–Crippen MR) is 93.8 cm³/mol. The van der Waals surface area contributed by atoms with Gasteiger partial charge >= 0.3 is 0 Å². The minimum atomic E-state index is -0.235. The Hall–Kier alpha value is -3.41. The van der Waals surface area contributed by atoms with Crippen LogP contribution in [0.1, 0.15) is 5.56 Å². The minimum Gasteiger partial charge on any atom is -0.497 e. The molecule has 0 saturated heterocycles. The molecule has 0 radical (unpaired) electrons. The van der Waals surface area contributed by atoms with Gasteiger partial charge < -0.3 is 9.72 Å². The lowest BCUT2D eigenvalue weighted by atomic mass is 10.2. The highest BCUT2D eigenvalue weighted by atomic mass is 16.5. The number of hydrogen-bond acceptors (Lipinski definition) is 4. The second-order valence-corrected chi connectivity index (χ2v) is 5.31. The van der Waals surface area contributed by atoms with Crippen LogP contribution >= 0.6 is 0 Å². The van der Waals surface area contributed by atoms with Crippen LogP contribution < -0.4 is 10.3 Å². The second kappa shape index (κ2) is 5.66. The van der Waals surface area contributed by atoms with Crippen molar-refractivity contribution in [3.05, 3.63) is 70.8 Å². The third kappa shape index (κ3) is 2.34. The van der Waals surface area contributed by atoms with E-state index in [1.165, 1.54) is 11.0 Å². The summed E-state index contributed by atoms with van der Waals surface area (Å²) in [4.78, 5) is 20.1. The van der Waals surface area contributed by atoms with Gasteiger partial charge in [-0.05, 0) is 35.9 Å². The Morgan fingerprint density at radius 2 is 1.96 bits per heavy atom. The van der Waals surface area contributed by atoms with Gasteiger partial charge in [-0.3, -0.25) is 4.79 Å². The lowest BCUT2D eigenvalue weighted by Gasteiger charge is -2.00. The molecule has 0 unspecified atom stereocenters. The summed E-state index contributed by atoms with van der Waals surface area (Å²) in [6.45, 7) is 0. The summed E-state index contributed by atoms with van der Waals surface area (Å²) in [6, 6.07) is 15.1. The Balaban J connectivity index is 1.76. The van der Waals surface area contributed by atoms with Crippen molar-refractivity contribution >= 4 is 28.2 Å². The molecule has 2 aromatic carbocycles. The first-order valence-corrected chi connectivity index (χ1v) is 7.43. The molecule has 24 heavy (non-hydrogen) atoms. The number of hydrogen-bond donors (Lipinski definition) is 1. The summed E-state index contributed by atoms with van der Waals surface area (Å²) in [5.41, 5.74) is 2.62. The molecule has 0 spiro atoms. The number of nitrogens with zero attached hydrogens (tertiary/aromatic N) is 3. The van der Waals surface area contributed by atoms with E-state index in [2.05, 4.69) is 15.1 Å². The fourth-order valence-electron chi connectivity index (χ4n) is 2.60. The summed E-state index contributed by atoms with van der Waals surface area (Å²) in [6.07, 6.45) is 3.04. The number of H-pyrrole nitrogens is 1.